The van der Waals surface area contributed by atoms with Gasteiger partial charge in [-0.1, -0.05) is 35.9 Å². The summed E-state index contributed by atoms with van der Waals surface area (Å²) in [6.07, 6.45) is 0. The molecule has 0 amide bonds. The fourth-order valence-corrected chi connectivity index (χ4v) is 2.77. The van der Waals surface area contributed by atoms with Crippen LogP contribution in [-0.2, 0) is 6.54 Å². The maximum absolute atomic E-state index is 4.21. The standard InChI is InChI=1S/C18H21N5/c1-4-22(17-11-10-14(2)12-15(17)3)13-18-19-20-21-23(18)16-8-6-5-7-9-16/h5-12H,4,13H2,1-3H3. The van der Waals surface area contributed by atoms with E-state index in [1.54, 1.807) is 4.68 Å². The van der Waals surface area contributed by atoms with E-state index in [0.717, 1.165) is 18.1 Å². The molecular formula is C18H21N5. The van der Waals surface area contributed by atoms with Crippen molar-refractivity contribution >= 4 is 5.69 Å². The highest BCUT2D eigenvalue weighted by Crippen LogP contribution is 2.22. The Bertz CT molecular complexity index is 779. The van der Waals surface area contributed by atoms with Crippen molar-refractivity contribution in [2.45, 2.75) is 27.3 Å². The molecule has 0 saturated carbocycles. The number of rotatable bonds is 5. The fourth-order valence-electron chi connectivity index (χ4n) is 2.77. The molecule has 1 heterocycles. The number of anilines is 1. The highest BCUT2D eigenvalue weighted by atomic mass is 15.5. The van der Waals surface area contributed by atoms with Gasteiger partial charge in [0.1, 0.15) is 0 Å². The van der Waals surface area contributed by atoms with E-state index in [9.17, 15) is 0 Å². The van der Waals surface area contributed by atoms with Crippen molar-refractivity contribution in [2.75, 3.05) is 11.4 Å². The number of aromatic nitrogens is 4. The monoisotopic (exact) mass is 307 g/mol. The average Bonchev–Trinajstić information content (AvgIpc) is 3.02. The molecule has 5 nitrogen and oxygen atoms in total. The predicted octanol–water partition coefficient (Wildman–Crippen LogP) is 3.31. The van der Waals surface area contributed by atoms with E-state index >= 15 is 0 Å². The highest BCUT2D eigenvalue weighted by molar-refractivity contribution is 5.54. The molecule has 5 heteroatoms. The largest absolute Gasteiger partial charge is 0.364 e. The number of hydrogen-bond acceptors (Lipinski definition) is 4. The van der Waals surface area contributed by atoms with E-state index in [1.807, 2.05) is 30.3 Å². The van der Waals surface area contributed by atoms with Crippen molar-refractivity contribution < 1.29 is 0 Å². The number of aryl methyl sites for hydroxylation is 2. The Labute approximate surface area is 136 Å². The van der Waals surface area contributed by atoms with Gasteiger partial charge in [0, 0.05) is 12.2 Å². The zero-order chi connectivity index (χ0) is 16.2. The van der Waals surface area contributed by atoms with Gasteiger partial charge in [-0.3, -0.25) is 0 Å². The fraction of sp³-hybridized carbons (Fsp3) is 0.278. The molecule has 0 saturated heterocycles. The minimum Gasteiger partial charge on any atom is -0.364 e. The SMILES string of the molecule is CCN(Cc1nnnn1-c1ccccc1)c1ccc(C)cc1C. The van der Waals surface area contributed by atoms with E-state index < -0.39 is 0 Å². The molecule has 0 aliphatic heterocycles. The van der Waals surface area contributed by atoms with Crippen molar-refractivity contribution in [3.05, 3.63) is 65.5 Å². The topological polar surface area (TPSA) is 46.8 Å². The summed E-state index contributed by atoms with van der Waals surface area (Å²) in [5, 5.41) is 12.2. The zero-order valence-electron chi connectivity index (χ0n) is 13.8. The Hall–Kier alpha value is -2.69. The van der Waals surface area contributed by atoms with Gasteiger partial charge in [0.2, 0.25) is 0 Å². The lowest BCUT2D eigenvalue weighted by atomic mass is 10.1. The van der Waals surface area contributed by atoms with Crippen molar-refractivity contribution in [3.8, 4) is 5.69 Å². The van der Waals surface area contributed by atoms with Gasteiger partial charge in [-0.2, -0.15) is 4.68 Å². The van der Waals surface area contributed by atoms with Crippen LogP contribution in [0.2, 0.25) is 0 Å². The maximum Gasteiger partial charge on any atom is 0.175 e. The number of benzene rings is 2. The van der Waals surface area contributed by atoms with Gasteiger partial charge in [-0.25, -0.2) is 0 Å². The van der Waals surface area contributed by atoms with Gasteiger partial charge in [0.15, 0.2) is 5.82 Å². The van der Waals surface area contributed by atoms with E-state index in [0.29, 0.717) is 6.54 Å². The van der Waals surface area contributed by atoms with Crippen molar-refractivity contribution in [1.82, 2.24) is 20.2 Å². The summed E-state index contributed by atoms with van der Waals surface area (Å²) >= 11 is 0. The van der Waals surface area contributed by atoms with Crippen LogP contribution >= 0.6 is 0 Å². The Morgan fingerprint density at radius 3 is 2.52 bits per heavy atom. The zero-order valence-corrected chi connectivity index (χ0v) is 13.8. The number of hydrogen-bond donors (Lipinski definition) is 0. The predicted molar refractivity (Wildman–Crippen MR) is 91.8 cm³/mol. The first kappa shape index (κ1) is 15.2. The first-order valence-electron chi connectivity index (χ1n) is 7.84. The first-order valence-corrected chi connectivity index (χ1v) is 7.84. The lowest BCUT2D eigenvalue weighted by Crippen LogP contribution is -2.25. The van der Waals surface area contributed by atoms with Crippen LogP contribution in [0.25, 0.3) is 5.69 Å². The van der Waals surface area contributed by atoms with Crippen molar-refractivity contribution in [3.63, 3.8) is 0 Å². The molecule has 0 N–H and O–H groups in total. The quantitative estimate of drug-likeness (QED) is 0.725. The molecule has 3 rings (SSSR count). The van der Waals surface area contributed by atoms with E-state index in [-0.39, 0.29) is 0 Å². The average molecular weight is 307 g/mol. The summed E-state index contributed by atoms with van der Waals surface area (Å²) in [6, 6.07) is 16.5. The molecule has 118 valence electrons. The second-order valence-electron chi connectivity index (χ2n) is 5.65. The number of nitrogens with zero attached hydrogens (tertiary/aromatic N) is 5. The molecule has 3 aromatic rings. The third kappa shape index (κ3) is 3.23. The van der Waals surface area contributed by atoms with Crippen LogP contribution in [0.3, 0.4) is 0 Å². The van der Waals surface area contributed by atoms with Gasteiger partial charge in [-0.15, -0.1) is 5.10 Å². The van der Waals surface area contributed by atoms with Crippen LogP contribution in [0.4, 0.5) is 5.69 Å². The van der Waals surface area contributed by atoms with E-state index in [1.165, 1.54) is 16.8 Å². The van der Waals surface area contributed by atoms with Gasteiger partial charge in [0.25, 0.3) is 0 Å². The summed E-state index contributed by atoms with van der Waals surface area (Å²) in [4.78, 5) is 2.29. The van der Waals surface area contributed by atoms with Crippen LogP contribution in [-0.4, -0.2) is 26.8 Å². The minimum atomic E-state index is 0.669. The summed E-state index contributed by atoms with van der Waals surface area (Å²) in [5.41, 5.74) is 4.74. The second kappa shape index (κ2) is 6.60. The Morgan fingerprint density at radius 1 is 1.04 bits per heavy atom. The molecule has 0 unspecified atom stereocenters. The van der Waals surface area contributed by atoms with Crippen LogP contribution in [0, 0.1) is 13.8 Å². The Balaban J connectivity index is 1.90. The molecule has 0 spiro atoms. The lowest BCUT2D eigenvalue weighted by Gasteiger charge is -2.24. The van der Waals surface area contributed by atoms with E-state index in [4.69, 9.17) is 0 Å². The summed E-state index contributed by atoms with van der Waals surface area (Å²) in [6.45, 7) is 7.97. The van der Waals surface area contributed by atoms with Gasteiger partial charge >= 0.3 is 0 Å². The summed E-state index contributed by atoms with van der Waals surface area (Å²) in [5.74, 6) is 0.832. The molecule has 0 bridgehead atoms. The van der Waals surface area contributed by atoms with Gasteiger partial charge in [-0.05, 0) is 55.0 Å². The summed E-state index contributed by atoms with van der Waals surface area (Å²) < 4.78 is 1.80. The van der Waals surface area contributed by atoms with Crippen molar-refractivity contribution in [1.29, 1.82) is 0 Å². The highest BCUT2D eigenvalue weighted by Gasteiger charge is 2.14. The second-order valence-corrected chi connectivity index (χ2v) is 5.65. The molecule has 0 aliphatic rings. The number of para-hydroxylation sites is 1. The molecule has 0 aliphatic carbocycles. The lowest BCUT2D eigenvalue weighted by molar-refractivity contribution is 0.725. The molecular weight excluding hydrogens is 286 g/mol. The minimum absolute atomic E-state index is 0.669. The molecule has 0 radical (unpaired) electrons. The Morgan fingerprint density at radius 2 is 1.83 bits per heavy atom. The molecule has 2 aromatic carbocycles. The Kier molecular flexibility index (Phi) is 4.37. The van der Waals surface area contributed by atoms with Crippen LogP contribution in [0.5, 0.6) is 0 Å². The first-order chi connectivity index (χ1) is 11.2. The molecule has 0 fully saturated rings. The third-order valence-electron chi connectivity index (χ3n) is 3.94. The summed E-state index contributed by atoms with van der Waals surface area (Å²) in [7, 11) is 0. The molecule has 0 atom stereocenters. The third-order valence-corrected chi connectivity index (χ3v) is 3.94. The normalized spacial score (nSPS) is 10.7. The van der Waals surface area contributed by atoms with Crippen LogP contribution in [0.1, 0.15) is 23.9 Å². The molecule has 1 aromatic heterocycles. The van der Waals surface area contributed by atoms with Crippen LogP contribution < -0.4 is 4.90 Å². The smallest absolute Gasteiger partial charge is 0.175 e. The maximum atomic E-state index is 4.21. The van der Waals surface area contributed by atoms with Gasteiger partial charge < -0.3 is 4.90 Å². The van der Waals surface area contributed by atoms with Crippen molar-refractivity contribution in [2.24, 2.45) is 0 Å². The van der Waals surface area contributed by atoms with Gasteiger partial charge in [0.05, 0.1) is 12.2 Å². The number of tetrazole rings is 1. The van der Waals surface area contributed by atoms with Crippen LogP contribution in [0.15, 0.2) is 48.5 Å². The van der Waals surface area contributed by atoms with E-state index in [2.05, 4.69) is 59.4 Å². The molecule has 23 heavy (non-hydrogen) atoms.